The number of carbonyl (C=O) groups is 1. The fraction of sp³-hybridized carbons (Fsp3) is 0.917. The van der Waals surface area contributed by atoms with Gasteiger partial charge in [0.05, 0.1) is 10.9 Å². The van der Waals surface area contributed by atoms with Gasteiger partial charge in [-0.05, 0) is 24.7 Å². The zero-order chi connectivity index (χ0) is 12.3. The number of aliphatic hydroxyl groups is 1. The minimum atomic E-state index is -0.415. The number of likely N-dealkylation sites (tertiary alicyclic amines) is 1. The Morgan fingerprint density at radius 3 is 2.75 bits per heavy atom. The van der Waals surface area contributed by atoms with E-state index in [1.807, 2.05) is 0 Å². The van der Waals surface area contributed by atoms with Crippen molar-refractivity contribution < 1.29 is 9.90 Å². The van der Waals surface area contributed by atoms with Crippen LogP contribution in [0.2, 0.25) is 0 Å². The van der Waals surface area contributed by atoms with Crippen molar-refractivity contribution in [1.82, 2.24) is 4.90 Å². The monoisotopic (exact) mass is 291 g/mol. The van der Waals surface area contributed by atoms with Crippen molar-refractivity contribution in [2.75, 3.05) is 13.1 Å². The summed E-state index contributed by atoms with van der Waals surface area (Å²) in [6.45, 7) is 7.55. The molecule has 0 aromatic rings. The fourth-order valence-corrected chi connectivity index (χ4v) is 2.71. The molecule has 2 unspecified atom stereocenters. The summed E-state index contributed by atoms with van der Waals surface area (Å²) in [5, 5.41) is 9.93. The zero-order valence-electron chi connectivity index (χ0n) is 10.4. The SMILES string of the molecule is CC(C)(C)CC(O)CN1CCCC(Br)C1=O. The van der Waals surface area contributed by atoms with E-state index in [0.717, 1.165) is 25.8 Å². The molecule has 1 heterocycles. The van der Waals surface area contributed by atoms with E-state index in [-0.39, 0.29) is 16.1 Å². The number of alkyl halides is 1. The van der Waals surface area contributed by atoms with Crippen LogP contribution in [0.15, 0.2) is 0 Å². The van der Waals surface area contributed by atoms with Gasteiger partial charge in [-0.25, -0.2) is 0 Å². The number of aliphatic hydroxyl groups excluding tert-OH is 1. The average Bonchev–Trinajstić information content (AvgIpc) is 2.09. The molecule has 16 heavy (non-hydrogen) atoms. The van der Waals surface area contributed by atoms with Crippen molar-refractivity contribution in [3.8, 4) is 0 Å². The topological polar surface area (TPSA) is 40.5 Å². The van der Waals surface area contributed by atoms with Crippen LogP contribution in [0.5, 0.6) is 0 Å². The van der Waals surface area contributed by atoms with Crippen LogP contribution in [-0.4, -0.2) is 39.9 Å². The first-order valence-electron chi connectivity index (χ1n) is 5.90. The Bertz CT molecular complexity index is 250. The molecule has 1 N–H and O–H groups in total. The molecule has 3 nitrogen and oxygen atoms in total. The lowest BCUT2D eigenvalue weighted by atomic mass is 9.89. The Morgan fingerprint density at radius 2 is 2.19 bits per heavy atom. The molecule has 1 rings (SSSR count). The highest BCUT2D eigenvalue weighted by Gasteiger charge is 2.28. The number of rotatable bonds is 3. The number of piperidine rings is 1. The lowest BCUT2D eigenvalue weighted by Crippen LogP contribution is -2.45. The van der Waals surface area contributed by atoms with Gasteiger partial charge in [0.15, 0.2) is 0 Å². The maximum absolute atomic E-state index is 11.8. The Hall–Kier alpha value is -0.0900. The van der Waals surface area contributed by atoms with E-state index in [9.17, 15) is 9.90 Å². The largest absolute Gasteiger partial charge is 0.391 e. The third-order valence-corrected chi connectivity index (χ3v) is 3.59. The first kappa shape index (κ1) is 14.0. The van der Waals surface area contributed by atoms with Crippen molar-refractivity contribution in [3.05, 3.63) is 0 Å². The number of halogens is 1. The molecule has 2 atom stereocenters. The Labute approximate surface area is 106 Å². The van der Waals surface area contributed by atoms with Crippen LogP contribution in [0, 0.1) is 5.41 Å². The van der Waals surface area contributed by atoms with Gasteiger partial charge in [0, 0.05) is 13.1 Å². The molecule has 0 aromatic heterocycles. The number of amides is 1. The Morgan fingerprint density at radius 1 is 1.56 bits per heavy atom. The van der Waals surface area contributed by atoms with E-state index >= 15 is 0 Å². The summed E-state index contributed by atoms with van der Waals surface area (Å²) in [6, 6.07) is 0. The first-order chi connectivity index (χ1) is 7.29. The third-order valence-electron chi connectivity index (χ3n) is 2.74. The van der Waals surface area contributed by atoms with E-state index in [1.165, 1.54) is 0 Å². The smallest absolute Gasteiger partial charge is 0.236 e. The van der Waals surface area contributed by atoms with Crippen LogP contribution >= 0.6 is 15.9 Å². The number of nitrogens with zero attached hydrogens (tertiary/aromatic N) is 1. The third kappa shape index (κ3) is 4.42. The molecule has 4 heteroatoms. The van der Waals surface area contributed by atoms with Crippen LogP contribution in [0.25, 0.3) is 0 Å². The number of carbonyl (C=O) groups excluding carboxylic acids is 1. The minimum absolute atomic E-state index is 0.0527. The quantitative estimate of drug-likeness (QED) is 0.810. The van der Waals surface area contributed by atoms with Crippen LogP contribution in [0.1, 0.15) is 40.0 Å². The molecule has 94 valence electrons. The molecule has 1 amide bonds. The fourth-order valence-electron chi connectivity index (χ4n) is 2.10. The standard InChI is InChI=1S/C12H22BrNO2/c1-12(2,3)7-9(15)8-14-6-4-5-10(13)11(14)16/h9-10,15H,4-8H2,1-3H3. The molecule has 0 aliphatic carbocycles. The van der Waals surface area contributed by atoms with Gasteiger partial charge in [0.2, 0.25) is 5.91 Å². The predicted octanol–water partition coefficient (Wildman–Crippen LogP) is 2.17. The van der Waals surface area contributed by atoms with Gasteiger partial charge in [-0.3, -0.25) is 4.79 Å². The summed E-state index contributed by atoms with van der Waals surface area (Å²) in [7, 11) is 0. The summed E-state index contributed by atoms with van der Waals surface area (Å²) in [5.74, 6) is 0.124. The molecule has 0 aromatic carbocycles. The van der Waals surface area contributed by atoms with Gasteiger partial charge in [-0.15, -0.1) is 0 Å². The van der Waals surface area contributed by atoms with Gasteiger partial charge >= 0.3 is 0 Å². The number of β-amino-alcohol motifs (C(OH)–C–C–N with tert-alkyl or cyclic N) is 1. The highest BCUT2D eigenvalue weighted by atomic mass is 79.9. The van der Waals surface area contributed by atoms with Crippen molar-refractivity contribution in [2.24, 2.45) is 5.41 Å². The molecule has 1 aliphatic heterocycles. The highest BCUT2D eigenvalue weighted by molar-refractivity contribution is 9.10. The summed E-state index contributed by atoms with van der Waals surface area (Å²) >= 11 is 3.37. The molecule has 0 spiro atoms. The predicted molar refractivity (Wildman–Crippen MR) is 68.6 cm³/mol. The van der Waals surface area contributed by atoms with Crippen LogP contribution < -0.4 is 0 Å². The normalized spacial score (nSPS) is 24.7. The van der Waals surface area contributed by atoms with E-state index in [0.29, 0.717) is 6.54 Å². The second kappa shape index (κ2) is 5.50. The van der Waals surface area contributed by atoms with Crippen LogP contribution in [0.3, 0.4) is 0 Å². The Kier molecular flexibility index (Phi) is 4.80. The van der Waals surface area contributed by atoms with Crippen LogP contribution in [0.4, 0.5) is 0 Å². The van der Waals surface area contributed by atoms with Gasteiger partial charge in [0.1, 0.15) is 0 Å². The number of hydrogen-bond donors (Lipinski definition) is 1. The average molecular weight is 292 g/mol. The lowest BCUT2D eigenvalue weighted by Gasteiger charge is -2.33. The van der Waals surface area contributed by atoms with Gasteiger partial charge in [0.25, 0.3) is 0 Å². The lowest BCUT2D eigenvalue weighted by molar-refractivity contribution is -0.134. The molecule has 0 radical (unpaired) electrons. The van der Waals surface area contributed by atoms with E-state index in [2.05, 4.69) is 36.7 Å². The molecule has 1 saturated heterocycles. The molecule has 0 bridgehead atoms. The van der Waals surface area contributed by atoms with Crippen molar-refractivity contribution in [3.63, 3.8) is 0 Å². The number of hydrogen-bond acceptors (Lipinski definition) is 2. The highest BCUT2D eigenvalue weighted by Crippen LogP contribution is 2.23. The summed E-state index contributed by atoms with van der Waals surface area (Å²) in [4.78, 5) is 13.5. The zero-order valence-corrected chi connectivity index (χ0v) is 12.0. The van der Waals surface area contributed by atoms with E-state index in [4.69, 9.17) is 0 Å². The summed E-state index contributed by atoms with van der Waals surface area (Å²) < 4.78 is 0. The molecule has 0 saturated carbocycles. The van der Waals surface area contributed by atoms with E-state index < -0.39 is 6.10 Å². The van der Waals surface area contributed by atoms with E-state index in [1.54, 1.807) is 4.90 Å². The molecular formula is C12H22BrNO2. The molecule has 1 aliphatic rings. The maximum Gasteiger partial charge on any atom is 0.236 e. The second-order valence-electron chi connectivity index (χ2n) is 5.81. The first-order valence-corrected chi connectivity index (χ1v) is 6.82. The van der Waals surface area contributed by atoms with Crippen molar-refractivity contribution in [1.29, 1.82) is 0 Å². The summed E-state index contributed by atoms with van der Waals surface area (Å²) in [6.07, 6.45) is 2.24. The van der Waals surface area contributed by atoms with Gasteiger partial charge < -0.3 is 10.0 Å². The summed E-state index contributed by atoms with van der Waals surface area (Å²) in [5.41, 5.74) is 0.103. The van der Waals surface area contributed by atoms with Gasteiger partial charge in [-0.2, -0.15) is 0 Å². The molecule has 1 fully saturated rings. The van der Waals surface area contributed by atoms with Crippen molar-refractivity contribution >= 4 is 21.8 Å². The van der Waals surface area contributed by atoms with Crippen molar-refractivity contribution in [2.45, 2.75) is 51.0 Å². The van der Waals surface area contributed by atoms with Gasteiger partial charge in [-0.1, -0.05) is 36.7 Å². The Balaban J connectivity index is 2.44. The minimum Gasteiger partial charge on any atom is -0.391 e. The molecular weight excluding hydrogens is 270 g/mol. The van der Waals surface area contributed by atoms with Crippen LogP contribution in [-0.2, 0) is 4.79 Å². The second-order valence-corrected chi connectivity index (χ2v) is 6.92. The maximum atomic E-state index is 11.8.